The van der Waals surface area contributed by atoms with Crippen LogP contribution in [0.2, 0.25) is 0 Å². The van der Waals surface area contributed by atoms with E-state index in [2.05, 4.69) is 45.4 Å². The van der Waals surface area contributed by atoms with Gasteiger partial charge in [-0.15, -0.1) is 0 Å². The van der Waals surface area contributed by atoms with Gasteiger partial charge in [-0.25, -0.2) is 9.97 Å². The average molecular weight is 311 g/mol. The van der Waals surface area contributed by atoms with Crippen LogP contribution >= 0.6 is 0 Å². The number of nitrogens with zero attached hydrogens (tertiary/aromatic N) is 3. The van der Waals surface area contributed by atoms with Crippen LogP contribution < -0.4 is 10.1 Å². The molecule has 0 fully saturated rings. The number of rotatable bonds is 6. The Morgan fingerprint density at radius 3 is 2.83 bits per heavy atom. The molecule has 23 heavy (non-hydrogen) atoms. The molecule has 0 bridgehead atoms. The van der Waals surface area contributed by atoms with Gasteiger partial charge < -0.3 is 10.1 Å². The van der Waals surface area contributed by atoms with Gasteiger partial charge in [0.05, 0.1) is 24.7 Å². The molecule has 1 aromatic carbocycles. The molecule has 0 spiro atoms. The minimum absolute atomic E-state index is 0.0964. The largest absolute Gasteiger partial charge is 0.496 e. The Bertz CT molecular complexity index is 783. The fraction of sp³-hybridized carbons (Fsp3) is 0.353. The van der Waals surface area contributed by atoms with E-state index >= 15 is 0 Å². The Hall–Kier alpha value is -2.63. The van der Waals surface area contributed by atoms with Gasteiger partial charge in [0, 0.05) is 5.56 Å². The molecular formula is C17H21N5O. The molecule has 0 saturated heterocycles. The van der Waals surface area contributed by atoms with Gasteiger partial charge in [-0.1, -0.05) is 32.0 Å². The van der Waals surface area contributed by atoms with Gasteiger partial charge in [0.25, 0.3) is 0 Å². The van der Waals surface area contributed by atoms with Crippen LogP contribution in [0.25, 0.3) is 11.0 Å². The number of benzene rings is 1. The van der Waals surface area contributed by atoms with Crippen molar-refractivity contribution in [1.29, 1.82) is 0 Å². The molecule has 1 unspecified atom stereocenters. The fourth-order valence-electron chi connectivity index (χ4n) is 2.73. The maximum Gasteiger partial charge on any atom is 0.160 e. The van der Waals surface area contributed by atoms with Crippen molar-refractivity contribution >= 4 is 16.9 Å². The quantitative estimate of drug-likeness (QED) is 0.728. The zero-order valence-electron chi connectivity index (χ0n) is 13.6. The average Bonchev–Trinajstić information content (AvgIpc) is 3.03. The van der Waals surface area contributed by atoms with Gasteiger partial charge in [-0.2, -0.15) is 5.10 Å². The number of aromatic nitrogens is 4. The second-order valence-electron chi connectivity index (χ2n) is 5.92. The molecule has 3 aromatic rings. The lowest BCUT2D eigenvalue weighted by atomic mass is 9.96. The predicted octanol–water partition coefficient (Wildman–Crippen LogP) is 3.56. The monoisotopic (exact) mass is 311 g/mol. The molecule has 0 aliphatic rings. The number of hydrogen-bond donors (Lipinski definition) is 2. The van der Waals surface area contributed by atoms with Crippen molar-refractivity contribution in [2.45, 2.75) is 26.3 Å². The minimum Gasteiger partial charge on any atom is -0.496 e. The van der Waals surface area contributed by atoms with Gasteiger partial charge in [-0.3, -0.25) is 5.10 Å². The number of aromatic amines is 1. The van der Waals surface area contributed by atoms with Crippen molar-refractivity contribution in [1.82, 2.24) is 20.2 Å². The van der Waals surface area contributed by atoms with Crippen molar-refractivity contribution in [2.24, 2.45) is 5.92 Å². The molecule has 1 atom stereocenters. The third-order valence-corrected chi connectivity index (χ3v) is 3.78. The first-order valence-corrected chi connectivity index (χ1v) is 7.72. The second kappa shape index (κ2) is 6.64. The van der Waals surface area contributed by atoms with E-state index in [4.69, 9.17) is 4.74 Å². The SMILES string of the molecule is COc1ccccc1C(CC(C)C)Nc1ncnc2[nH]ncc12. The Morgan fingerprint density at radius 1 is 1.22 bits per heavy atom. The van der Waals surface area contributed by atoms with E-state index in [1.165, 1.54) is 6.33 Å². The molecule has 0 radical (unpaired) electrons. The number of fused-ring (bicyclic) bond motifs is 1. The number of methoxy groups -OCH3 is 1. The lowest BCUT2D eigenvalue weighted by Crippen LogP contribution is -2.15. The maximum atomic E-state index is 5.53. The van der Waals surface area contributed by atoms with E-state index in [1.807, 2.05) is 18.2 Å². The van der Waals surface area contributed by atoms with Crippen molar-refractivity contribution < 1.29 is 4.74 Å². The first-order chi connectivity index (χ1) is 11.2. The predicted molar refractivity (Wildman–Crippen MR) is 90.5 cm³/mol. The number of para-hydroxylation sites is 1. The maximum absolute atomic E-state index is 5.53. The summed E-state index contributed by atoms with van der Waals surface area (Å²) in [6.07, 6.45) is 4.24. The molecule has 3 rings (SSSR count). The summed E-state index contributed by atoms with van der Waals surface area (Å²) in [4.78, 5) is 8.57. The Kier molecular flexibility index (Phi) is 4.41. The highest BCUT2D eigenvalue weighted by Gasteiger charge is 2.19. The number of H-pyrrole nitrogens is 1. The van der Waals surface area contributed by atoms with E-state index in [9.17, 15) is 0 Å². The molecule has 0 saturated carbocycles. The second-order valence-corrected chi connectivity index (χ2v) is 5.92. The molecule has 2 aromatic heterocycles. The van der Waals surface area contributed by atoms with Gasteiger partial charge in [0.2, 0.25) is 0 Å². The summed E-state index contributed by atoms with van der Waals surface area (Å²) in [5.74, 6) is 2.18. The van der Waals surface area contributed by atoms with Gasteiger partial charge >= 0.3 is 0 Å². The molecule has 0 aliphatic carbocycles. The summed E-state index contributed by atoms with van der Waals surface area (Å²) < 4.78 is 5.53. The van der Waals surface area contributed by atoms with Crippen molar-refractivity contribution in [3.05, 3.63) is 42.4 Å². The Labute approximate surface area is 135 Å². The van der Waals surface area contributed by atoms with Crippen molar-refractivity contribution in [2.75, 3.05) is 12.4 Å². The summed E-state index contributed by atoms with van der Waals surface area (Å²) in [6.45, 7) is 4.41. The molecule has 120 valence electrons. The third kappa shape index (κ3) is 3.26. The first-order valence-electron chi connectivity index (χ1n) is 7.72. The van der Waals surface area contributed by atoms with Gasteiger partial charge in [0.1, 0.15) is 17.9 Å². The number of anilines is 1. The smallest absolute Gasteiger partial charge is 0.160 e. The van der Waals surface area contributed by atoms with Crippen LogP contribution in [0.3, 0.4) is 0 Å². The van der Waals surface area contributed by atoms with Gasteiger partial charge in [-0.05, 0) is 18.4 Å². The minimum atomic E-state index is 0.0964. The standard InChI is InChI=1S/C17H21N5O/c1-11(2)8-14(12-6-4-5-7-15(12)23-3)21-16-13-9-20-22-17(13)19-10-18-16/h4-7,9-11,14H,8H2,1-3H3,(H2,18,19,20,21,22). The fourth-order valence-corrected chi connectivity index (χ4v) is 2.73. The third-order valence-electron chi connectivity index (χ3n) is 3.78. The van der Waals surface area contributed by atoms with E-state index in [-0.39, 0.29) is 6.04 Å². The zero-order chi connectivity index (χ0) is 16.2. The van der Waals surface area contributed by atoms with Crippen LogP contribution in [0.4, 0.5) is 5.82 Å². The lowest BCUT2D eigenvalue weighted by molar-refractivity contribution is 0.402. The highest BCUT2D eigenvalue weighted by Crippen LogP contribution is 2.33. The van der Waals surface area contributed by atoms with Crippen LogP contribution in [0, 0.1) is 5.92 Å². The molecule has 0 amide bonds. The number of ether oxygens (including phenoxy) is 1. The van der Waals surface area contributed by atoms with E-state index in [1.54, 1.807) is 13.3 Å². The highest BCUT2D eigenvalue weighted by atomic mass is 16.5. The van der Waals surface area contributed by atoms with Crippen LogP contribution in [-0.2, 0) is 0 Å². The molecular weight excluding hydrogens is 290 g/mol. The summed E-state index contributed by atoms with van der Waals surface area (Å²) in [7, 11) is 1.70. The molecule has 6 nitrogen and oxygen atoms in total. The van der Waals surface area contributed by atoms with Crippen molar-refractivity contribution in [3.63, 3.8) is 0 Å². The highest BCUT2D eigenvalue weighted by molar-refractivity contribution is 5.85. The molecule has 2 heterocycles. The van der Waals surface area contributed by atoms with Crippen LogP contribution in [0.1, 0.15) is 31.9 Å². The van der Waals surface area contributed by atoms with Crippen molar-refractivity contribution in [3.8, 4) is 5.75 Å². The van der Waals surface area contributed by atoms with Crippen LogP contribution in [0.5, 0.6) is 5.75 Å². The number of hydrogen-bond acceptors (Lipinski definition) is 5. The van der Waals surface area contributed by atoms with Crippen LogP contribution in [-0.4, -0.2) is 27.3 Å². The lowest BCUT2D eigenvalue weighted by Gasteiger charge is -2.23. The summed E-state index contributed by atoms with van der Waals surface area (Å²) in [6, 6.07) is 8.18. The Balaban J connectivity index is 1.98. The zero-order valence-corrected chi connectivity index (χ0v) is 13.6. The summed E-state index contributed by atoms with van der Waals surface area (Å²) >= 11 is 0. The number of nitrogens with one attached hydrogen (secondary N) is 2. The topological polar surface area (TPSA) is 75.7 Å². The van der Waals surface area contributed by atoms with Gasteiger partial charge in [0.15, 0.2) is 5.65 Å². The summed E-state index contributed by atoms with van der Waals surface area (Å²) in [5, 5.41) is 11.3. The van der Waals surface area contributed by atoms with E-state index in [0.717, 1.165) is 34.6 Å². The summed E-state index contributed by atoms with van der Waals surface area (Å²) in [5.41, 5.74) is 1.85. The molecule has 0 aliphatic heterocycles. The normalized spacial score (nSPS) is 12.5. The van der Waals surface area contributed by atoms with E-state index in [0.29, 0.717) is 5.92 Å². The molecule has 2 N–H and O–H groups in total. The molecule has 6 heteroatoms. The van der Waals surface area contributed by atoms with Crippen LogP contribution in [0.15, 0.2) is 36.8 Å². The Morgan fingerprint density at radius 2 is 2.04 bits per heavy atom. The first kappa shape index (κ1) is 15.3. The van der Waals surface area contributed by atoms with E-state index < -0.39 is 0 Å².